The molecule has 3 aromatic rings. The van der Waals surface area contributed by atoms with Crippen molar-refractivity contribution in [1.29, 1.82) is 0 Å². The summed E-state index contributed by atoms with van der Waals surface area (Å²) in [6.45, 7) is 0.322. The maximum Gasteiger partial charge on any atom is 0.241 e. The monoisotopic (exact) mass is 502 g/mol. The molecule has 0 saturated heterocycles. The highest BCUT2D eigenvalue weighted by Crippen LogP contribution is 2.27. The average molecular weight is 503 g/mol. The van der Waals surface area contributed by atoms with Gasteiger partial charge in [-0.25, -0.2) is 8.42 Å². The van der Waals surface area contributed by atoms with Gasteiger partial charge < -0.3 is 14.8 Å². The Balaban J connectivity index is 1.71. The lowest BCUT2D eigenvalue weighted by Gasteiger charge is -2.19. The third kappa shape index (κ3) is 6.96. The standard InChI is InChI=1S/C25H27ClN2O5S/c1-32-23-13-8-19(17-24(23)33-2)14-15-27-25(29)22(16-18-6-4-3-5-7-18)28-34(30,31)21-11-9-20(26)10-12-21/h3-13,17,22,28H,14-16H2,1-2H3,(H,27,29)/t22-/m0/s1. The van der Waals surface area contributed by atoms with E-state index in [1.54, 1.807) is 20.3 Å². The Morgan fingerprint density at radius 3 is 2.24 bits per heavy atom. The minimum Gasteiger partial charge on any atom is -0.493 e. The van der Waals surface area contributed by atoms with E-state index < -0.39 is 22.0 Å². The topological polar surface area (TPSA) is 93.7 Å². The molecule has 0 saturated carbocycles. The van der Waals surface area contributed by atoms with Crippen molar-refractivity contribution in [1.82, 2.24) is 10.0 Å². The quantitative estimate of drug-likeness (QED) is 0.418. The van der Waals surface area contributed by atoms with Crippen LogP contribution in [-0.4, -0.2) is 41.1 Å². The molecule has 7 nitrogen and oxygen atoms in total. The smallest absolute Gasteiger partial charge is 0.241 e. The summed E-state index contributed by atoms with van der Waals surface area (Å²) in [5.74, 6) is 0.806. The number of ether oxygens (including phenoxy) is 2. The first-order valence-corrected chi connectivity index (χ1v) is 12.5. The molecule has 34 heavy (non-hydrogen) atoms. The molecule has 3 aromatic carbocycles. The fourth-order valence-electron chi connectivity index (χ4n) is 3.40. The van der Waals surface area contributed by atoms with Gasteiger partial charge in [0.25, 0.3) is 0 Å². The minimum absolute atomic E-state index is 0.0353. The first-order valence-electron chi connectivity index (χ1n) is 10.6. The van der Waals surface area contributed by atoms with Gasteiger partial charge in [-0.15, -0.1) is 0 Å². The Kier molecular flexibility index (Phi) is 8.92. The second-order valence-electron chi connectivity index (χ2n) is 7.55. The van der Waals surface area contributed by atoms with Crippen LogP contribution in [0, 0.1) is 0 Å². The largest absolute Gasteiger partial charge is 0.493 e. The van der Waals surface area contributed by atoms with Gasteiger partial charge in [0, 0.05) is 11.6 Å². The van der Waals surface area contributed by atoms with Gasteiger partial charge in [0.05, 0.1) is 19.1 Å². The molecule has 1 amide bonds. The van der Waals surface area contributed by atoms with Gasteiger partial charge in [0.1, 0.15) is 6.04 Å². The van der Waals surface area contributed by atoms with Crippen LogP contribution >= 0.6 is 11.6 Å². The summed E-state index contributed by atoms with van der Waals surface area (Å²) >= 11 is 5.87. The molecule has 0 aliphatic carbocycles. The van der Waals surface area contributed by atoms with E-state index in [9.17, 15) is 13.2 Å². The van der Waals surface area contributed by atoms with Crippen molar-refractivity contribution in [3.05, 3.63) is 88.9 Å². The highest BCUT2D eigenvalue weighted by atomic mass is 35.5. The van der Waals surface area contributed by atoms with E-state index in [1.807, 2.05) is 42.5 Å². The van der Waals surface area contributed by atoms with E-state index >= 15 is 0 Å². The van der Waals surface area contributed by atoms with Gasteiger partial charge in [-0.2, -0.15) is 4.72 Å². The van der Waals surface area contributed by atoms with Crippen LogP contribution in [0.25, 0.3) is 0 Å². The fourth-order valence-corrected chi connectivity index (χ4v) is 4.72. The Labute approximate surface area is 205 Å². The van der Waals surface area contributed by atoms with E-state index in [2.05, 4.69) is 10.0 Å². The molecule has 0 fully saturated rings. The maximum atomic E-state index is 13.0. The molecular weight excluding hydrogens is 476 g/mol. The highest BCUT2D eigenvalue weighted by molar-refractivity contribution is 7.89. The minimum atomic E-state index is -3.94. The molecule has 0 aliphatic rings. The fraction of sp³-hybridized carbons (Fsp3) is 0.240. The van der Waals surface area contributed by atoms with E-state index in [4.69, 9.17) is 21.1 Å². The lowest BCUT2D eigenvalue weighted by molar-refractivity contribution is -0.122. The molecule has 0 aliphatic heterocycles. The van der Waals surface area contributed by atoms with E-state index in [0.717, 1.165) is 11.1 Å². The Hall–Kier alpha value is -3.07. The number of hydrogen-bond acceptors (Lipinski definition) is 5. The molecule has 3 rings (SSSR count). The number of carbonyl (C=O) groups is 1. The predicted molar refractivity (Wildman–Crippen MR) is 132 cm³/mol. The molecule has 9 heteroatoms. The van der Waals surface area contributed by atoms with Crippen molar-refractivity contribution in [3.63, 3.8) is 0 Å². The van der Waals surface area contributed by atoms with Crippen LogP contribution in [0.1, 0.15) is 11.1 Å². The molecule has 1 atom stereocenters. The third-order valence-corrected chi connectivity index (χ3v) is 6.92. The van der Waals surface area contributed by atoms with Gasteiger partial charge >= 0.3 is 0 Å². The molecule has 180 valence electrons. The number of carbonyl (C=O) groups excluding carboxylic acids is 1. The summed E-state index contributed by atoms with van der Waals surface area (Å²) in [5.41, 5.74) is 1.78. The molecule has 0 spiro atoms. The number of benzene rings is 3. The van der Waals surface area contributed by atoms with Gasteiger partial charge in [-0.3, -0.25) is 4.79 Å². The molecule has 0 heterocycles. The zero-order valence-corrected chi connectivity index (χ0v) is 20.5. The van der Waals surface area contributed by atoms with Crippen LogP contribution in [0.15, 0.2) is 77.7 Å². The van der Waals surface area contributed by atoms with Gasteiger partial charge in [-0.05, 0) is 60.4 Å². The predicted octanol–water partition coefficient (Wildman–Crippen LogP) is 3.61. The second-order valence-corrected chi connectivity index (χ2v) is 9.70. The number of hydrogen-bond donors (Lipinski definition) is 2. The number of sulfonamides is 1. The third-order valence-electron chi connectivity index (χ3n) is 5.18. The van der Waals surface area contributed by atoms with Crippen LogP contribution in [-0.2, 0) is 27.7 Å². The van der Waals surface area contributed by atoms with E-state index in [-0.39, 0.29) is 11.3 Å². The number of nitrogens with one attached hydrogen (secondary N) is 2. The normalized spacial score (nSPS) is 12.1. The van der Waals surface area contributed by atoms with Crippen molar-refractivity contribution in [2.45, 2.75) is 23.8 Å². The number of amides is 1. The van der Waals surface area contributed by atoms with E-state index in [0.29, 0.717) is 29.5 Å². The van der Waals surface area contributed by atoms with Crippen molar-refractivity contribution in [2.24, 2.45) is 0 Å². The molecular formula is C25H27ClN2O5S. The summed E-state index contributed by atoms with van der Waals surface area (Å²) in [6.07, 6.45) is 0.740. The van der Waals surface area contributed by atoms with Crippen LogP contribution in [0.2, 0.25) is 5.02 Å². The summed E-state index contributed by atoms with van der Waals surface area (Å²) < 4.78 is 38.9. The van der Waals surface area contributed by atoms with Crippen molar-refractivity contribution in [2.75, 3.05) is 20.8 Å². The summed E-state index contributed by atoms with van der Waals surface area (Å²) in [4.78, 5) is 13.1. The molecule has 2 N–H and O–H groups in total. The molecule has 0 unspecified atom stereocenters. The van der Waals surface area contributed by atoms with Crippen LogP contribution in [0.5, 0.6) is 11.5 Å². The van der Waals surface area contributed by atoms with Gasteiger partial charge in [0.15, 0.2) is 11.5 Å². The van der Waals surface area contributed by atoms with Crippen LogP contribution in [0.3, 0.4) is 0 Å². The zero-order chi connectivity index (χ0) is 24.6. The van der Waals surface area contributed by atoms with E-state index in [1.165, 1.54) is 24.3 Å². The average Bonchev–Trinajstić information content (AvgIpc) is 2.84. The SMILES string of the molecule is COc1ccc(CCNC(=O)[C@H](Cc2ccccc2)NS(=O)(=O)c2ccc(Cl)cc2)cc1OC. The van der Waals surface area contributed by atoms with Crippen molar-refractivity contribution < 1.29 is 22.7 Å². The summed E-state index contributed by atoms with van der Waals surface area (Å²) in [7, 11) is -0.810. The molecule has 0 aromatic heterocycles. The summed E-state index contributed by atoms with van der Waals surface area (Å²) in [6, 6.07) is 19.6. The summed E-state index contributed by atoms with van der Waals surface area (Å²) in [5, 5.41) is 3.27. The number of rotatable bonds is 11. The number of methoxy groups -OCH3 is 2. The maximum absolute atomic E-state index is 13.0. The van der Waals surface area contributed by atoms with Gasteiger partial charge in [-0.1, -0.05) is 48.0 Å². The van der Waals surface area contributed by atoms with Crippen molar-refractivity contribution >= 4 is 27.5 Å². The first-order chi connectivity index (χ1) is 16.3. The first kappa shape index (κ1) is 25.6. The lowest BCUT2D eigenvalue weighted by atomic mass is 10.1. The lowest BCUT2D eigenvalue weighted by Crippen LogP contribution is -2.48. The zero-order valence-electron chi connectivity index (χ0n) is 19.0. The Morgan fingerprint density at radius 2 is 1.59 bits per heavy atom. The Bertz CT molecular complexity index is 1200. The molecule has 0 radical (unpaired) electrons. The van der Waals surface area contributed by atoms with Crippen molar-refractivity contribution in [3.8, 4) is 11.5 Å². The second kappa shape index (κ2) is 11.9. The Morgan fingerprint density at radius 1 is 0.912 bits per heavy atom. The highest BCUT2D eigenvalue weighted by Gasteiger charge is 2.26. The molecule has 0 bridgehead atoms. The van der Waals surface area contributed by atoms with Crippen LogP contribution < -0.4 is 19.5 Å². The van der Waals surface area contributed by atoms with Gasteiger partial charge in [0.2, 0.25) is 15.9 Å². The van der Waals surface area contributed by atoms with Crippen LogP contribution in [0.4, 0.5) is 0 Å². The number of halogens is 1.